The van der Waals surface area contributed by atoms with Crippen molar-refractivity contribution in [2.75, 3.05) is 11.9 Å². The van der Waals surface area contributed by atoms with Crippen LogP contribution in [-0.2, 0) is 14.3 Å². The molecule has 0 unspecified atom stereocenters. The molecule has 0 aliphatic carbocycles. The van der Waals surface area contributed by atoms with Crippen LogP contribution in [0.5, 0.6) is 0 Å². The molecule has 2 atom stereocenters. The Morgan fingerprint density at radius 1 is 1.28 bits per heavy atom. The number of anilines is 1. The normalized spacial score (nSPS) is 14.0. The molecule has 0 aliphatic rings. The first-order chi connectivity index (χ1) is 11.6. The minimum absolute atomic E-state index is 0.0538. The standard InChI is InChI=1S/C17H29N3O3S2/c1-7-12(14(22)23-8-2)24-16-20-19-15(25-16)18-13(21)9-11(3)10-17(4,5)6/h11-12H,7-10H2,1-6H3,(H,18,19,21)/t11-,12-/m0/s1. The van der Waals surface area contributed by atoms with Crippen LogP contribution in [0.4, 0.5) is 5.13 Å². The fraction of sp³-hybridized carbons (Fsp3) is 0.765. The smallest absolute Gasteiger partial charge is 0.319 e. The second-order valence-corrected chi connectivity index (χ2v) is 9.69. The summed E-state index contributed by atoms with van der Waals surface area (Å²) < 4.78 is 5.70. The summed E-state index contributed by atoms with van der Waals surface area (Å²) in [7, 11) is 0. The zero-order valence-electron chi connectivity index (χ0n) is 15.9. The Morgan fingerprint density at radius 2 is 1.96 bits per heavy atom. The maximum absolute atomic E-state index is 12.1. The van der Waals surface area contributed by atoms with Gasteiger partial charge in [-0.1, -0.05) is 57.7 Å². The van der Waals surface area contributed by atoms with E-state index in [1.807, 2.05) is 6.92 Å². The van der Waals surface area contributed by atoms with E-state index in [1.54, 1.807) is 6.92 Å². The molecule has 0 saturated carbocycles. The van der Waals surface area contributed by atoms with Crippen LogP contribution in [-0.4, -0.2) is 33.9 Å². The van der Waals surface area contributed by atoms with Gasteiger partial charge in [0.25, 0.3) is 0 Å². The molecule has 1 aromatic heterocycles. The summed E-state index contributed by atoms with van der Waals surface area (Å²) >= 11 is 2.61. The number of thioether (sulfide) groups is 1. The van der Waals surface area contributed by atoms with Crippen LogP contribution in [0.1, 0.15) is 60.8 Å². The molecule has 0 fully saturated rings. The number of amides is 1. The summed E-state index contributed by atoms with van der Waals surface area (Å²) in [5.74, 6) is 0.00345. The lowest BCUT2D eigenvalue weighted by molar-refractivity contribution is -0.142. The molecule has 0 spiro atoms. The zero-order chi connectivity index (χ0) is 19.0. The van der Waals surface area contributed by atoms with E-state index in [2.05, 4.69) is 43.2 Å². The fourth-order valence-corrected chi connectivity index (χ4v) is 4.50. The van der Waals surface area contributed by atoms with Gasteiger partial charge >= 0.3 is 5.97 Å². The molecule has 1 N–H and O–H groups in total. The SMILES string of the molecule is CCOC(=O)[C@H](CC)Sc1nnc(NC(=O)C[C@H](C)CC(C)(C)C)s1. The average molecular weight is 388 g/mol. The molecule has 1 heterocycles. The topological polar surface area (TPSA) is 81.2 Å². The van der Waals surface area contributed by atoms with E-state index in [9.17, 15) is 9.59 Å². The minimum Gasteiger partial charge on any atom is -0.465 e. The first-order valence-corrected chi connectivity index (χ1v) is 10.3. The molecule has 6 nitrogen and oxygen atoms in total. The molecular weight excluding hydrogens is 358 g/mol. The van der Waals surface area contributed by atoms with Crippen molar-refractivity contribution in [1.29, 1.82) is 0 Å². The van der Waals surface area contributed by atoms with Crippen LogP contribution in [0.15, 0.2) is 4.34 Å². The van der Waals surface area contributed by atoms with Crippen molar-refractivity contribution >= 4 is 40.1 Å². The van der Waals surface area contributed by atoms with Gasteiger partial charge in [-0.25, -0.2) is 0 Å². The fourth-order valence-electron chi connectivity index (χ4n) is 2.57. The summed E-state index contributed by atoms with van der Waals surface area (Å²) in [4.78, 5) is 24.0. The Kier molecular flexibility index (Phi) is 8.85. The van der Waals surface area contributed by atoms with Crippen LogP contribution >= 0.6 is 23.1 Å². The molecular formula is C17H29N3O3S2. The minimum atomic E-state index is -0.303. The lowest BCUT2D eigenvalue weighted by Crippen LogP contribution is -2.19. The number of carbonyl (C=O) groups is 2. The monoisotopic (exact) mass is 387 g/mol. The van der Waals surface area contributed by atoms with Crippen LogP contribution in [0.3, 0.4) is 0 Å². The van der Waals surface area contributed by atoms with Gasteiger partial charge in [0, 0.05) is 6.42 Å². The predicted octanol–water partition coefficient (Wildman–Crippen LogP) is 4.37. The number of nitrogens with one attached hydrogen (secondary N) is 1. The highest BCUT2D eigenvalue weighted by molar-refractivity contribution is 8.02. The van der Waals surface area contributed by atoms with E-state index >= 15 is 0 Å². The summed E-state index contributed by atoms with van der Waals surface area (Å²) in [6.07, 6.45) is 2.09. The van der Waals surface area contributed by atoms with E-state index in [0.717, 1.165) is 6.42 Å². The molecule has 0 aliphatic heterocycles. The third-order valence-electron chi connectivity index (χ3n) is 3.31. The summed E-state index contributed by atoms with van der Waals surface area (Å²) in [5.41, 5.74) is 0.203. The molecule has 0 aromatic carbocycles. The van der Waals surface area contributed by atoms with Gasteiger partial charge < -0.3 is 10.1 Å². The number of aromatic nitrogens is 2. The Labute approximate surface area is 158 Å². The highest BCUT2D eigenvalue weighted by Gasteiger charge is 2.22. The first-order valence-electron chi connectivity index (χ1n) is 8.61. The highest BCUT2D eigenvalue weighted by Crippen LogP contribution is 2.31. The van der Waals surface area contributed by atoms with E-state index < -0.39 is 0 Å². The van der Waals surface area contributed by atoms with Crippen LogP contribution in [0, 0.1) is 11.3 Å². The predicted molar refractivity (Wildman–Crippen MR) is 103 cm³/mol. The van der Waals surface area contributed by atoms with Crippen molar-refractivity contribution in [3.05, 3.63) is 0 Å². The molecule has 0 bridgehead atoms. The summed E-state index contributed by atoms with van der Waals surface area (Å²) in [6.45, 7) is 12.7. The van der Waals surface area contributed by atoms with Gasteiger partial charge in [-0.2, -0.15) is 0 Å². The van der Waals surface area contributed by atoms with Crippen molar-refractivity contribution in [1.82, 2.24) is 10.2 Å². The van der Waals surface area contributed by atoms with E-state index in [-0.39, 0.29) is 22.5 Å². The van der Waals surface area contributed by atoms with Crippen LogP contribution in [0.2, 0.25) is 0 Å². The molecule has 0 radical (unpaired) electrons. The van der Waals surface area contributed by atoms with E-state index in [1.165, 1.54) is 23.1 Å². The van der Waals surface area contributed by atoms with Gasteiger partial charge in [0.2, 0.25) is 11.0 Å². The van der Waals surface area contributed by atoms with Gasteiger partial charge in [-0.05, 0) is 31.1 Å². The molecule has 25 heavy (non-hydrogen) atoms. The number of nitrogens with zero attached hydrogens (tertiary/aromatic N) is 2. The molecule has 8 heteroatoms. The molecule has 1 amide bonds. The number of hydrogen-bond acceptors (Lipinski definition) is 7. The zero-order valence-corrected chi connectivity index (χ0v) is 17.6. The number of rotatable bonds is 9. The lowest BCUT2D eigenvalue weighted by Gasteiger charge is -2.22. The first kappa shape index (κ1) is 21.9. The second kappa shape index (κ2) is 10.1. The Hall–Kier alpha value is -1.15. The molecule has 1 rings (SSSR count). The number of hydrogen-bond donors (Lipinski definition) is 1. The van der Waals surface area contributed by atoms with E-state index in [4.69, 9.17) is 4.74 Å². The Morgan fingerprint density at radius 3 is 2.52 bits per heavy atom. The third kappa shape index (κ3) is 8.67. The van der Waals surface area contributed by atoms with Crippen molar-refractivity contribution in [3.63, 3.8) is 0 Å². The van der Waals surface area contributed by atoms with Gasteiger partial charge in [0.15, 0.2) is 4.34 Å². The third-order valence-corrected chi connectivity index (χ3v) is 5.58. The second-order valence-electron chi connectivity index (χ2n) is 7.26. The van der Waals surface area contributed by atoms with Crippen molar-refractivity contribution in [2.45, 2.75) is 70.4 Å². The Bertz CT molecular complexity index is 570. The summed E-state index contributed by atoms with van der Waals surface area (Å²) in [6, 6.07) is 0. The van der Waals surface area contributed by atoms with Crippen molar-refractivity contribution in [2.24, 2.45) is 11.3 Å². The number of esters is 1. The van der Waals surface area contributed by atoms with Gasteiger partial charge in [0.1, 0.15) is 5.25 Å². The molecule has 1 aromatic rings. The Balaban J connectivity index is 2.54. The largest absolute Gasteiger partial charge is 0.465 e. The van der Waals surface area contributed by atoms with Crippen LogP contribution in [0.25, 0.3) is 0 Å². The lowest BCUT2D eigenvalue weighted by atomic mass is 9.84. The highest BCUT2D eigenvalue weighted by atomic mass is 32.2. The average Bonchev–Trinajstić information content (AvgIpc) is 2.89. The maximum atomic E-state index is 12.1. The van der Waals surface area contributed by atoms with Gasteiger partial charge in [0.05, 0.1) is 6.61 Å². The maximum Gasteiger partial charge on any atom is 0.319 e. The van der Waals surface area contributed by atoms with Crippen LogP contribution < -0.4 is 5.32 Å². The van der Waals surface area contributed by atoms with Crippen molar-refractivity contribution in [3.8, 4) is 0 Å². The quantitative estimate of drug-likeness (QED) is 0.385. The van der Waals surface area contributed by atoms with Crippen molar-refractivity contribution < 1.29 is 14.3 Å². The number of carbonyl (C=O) groups excluding carboxylic acids is 2. The molecule has 142 valence electrons. The van der Waals surface area contributed by atoms with E-state index in [0.29, 0.717) is 34.8 Å². The molecule has 0 saturated heterocycles. The van der Waals surface area contributed by atoms with Gasteiger partial charge in [-0.15, -0.1) is 10.2 Å². The van der Waals surface area contributed by atoms with Gasteiger partial charge in [-0.3, -0.25) is 9.59 Å². The summed E-state index contributed by atoms with van der Waals surface area (Å²) in [5, 5.41) is 11.0. The number of ether oxygens (including phenoxy) is 1.